The summed E-state index contributed by atoms with van der Waals surface area (Å²) in [7, 11) is 1.81. The minimum absolute atomic E-state index is 0.334. The summed E-state index contributed by atoms with van der Waals surface area (Å²) >= 11 is 0. The smallest absolute Gasteiger partial charge is 0.0772 e. The van der Waals surface area contributed by atoms with E-state index in [0.717, 1.165) is 18.8 Å². The molecule has 3 nitrogen and oxygen atoms in total. The van der Waals surface area contributed by atoms with Crippen molar-refractivity contribution < 1.29 is 4.74 Å². The third kappa shape index (κ3) is 2.55. The summed E-state index contributed by atoms with van der Waals surface area (Å²) in [5, 5.41) is 0. The highest BCUT2D eigenvalue weighted by Gasteiger charge is 2.26. The molecule has 1 heterocycles. The maximum Gasteiger partial charge on any atom is 0.0772 e. The quantitative estimate of drug-likeness (QED) is 0.799. The molecule has 0 amide bonds. The van der Waals surface area contributed by atoms with Gasteiger partial charge >= 0.3 is 0 Å². The standard InChI is InChI=1S/C14H22N2O/c1-10-6-7-16(9-14(10)17-3)13-5-4-12(15)8-11(13)2/h4-5,8,10,14H,6-7,9,15H2,1-3H3. The largest absolute Gasteiger partial charge is 0.399 e. The molecule has 1 saturated heterocycles. The number of anilines is 2. The summed E-state index contributed by atoms with van der Waals surface area (Å²) in [4.78, 5) is 2.41. The van der Waals surface area contributed by atoms with Gasteiger partial charge in [0, 0.05) is 31.6 Å². The van der Waals surface area contributed by atoms with Crippen molar-refractivity contribution in [3.8, 4) is 0 Å². The fraction of sp³-hybridized carbons (Fsp3) is 0.571. The molecule has 2 unspecified atom stereocenters. The normalized spacial score (nSPS) is 25.0. The van der Waals surface area contributed by atoms with Crippen LogP contribution in [0.15, 0.2) is 18.2 Å². The Labute approximate surface area is 104 Å². The van der Waals surface area contributed by atoms with Gasteiger partial charge in [-0.1, -0.05) is 6.92 Å². The van der Waals surface area contributed by atoms with Crippen LogP contribution in [-0.4, -0.2) is 26.3 Å². The third-order valence-corrected chi connectivity index (χ3v) is 3.75. The number of nitrogens with zero attached hydrogens (tertiary/aromatic N) is 1. The van der Waals surface area contributed by atoms with Gasteiger partial charge in [-0.2, -0.15) is 0 Å². The highest BCUT2D eigenvalue weighted by molar-refractivity contribution is 5.59. The summed E-state index contributed by atoms with van der Waals surface area (Å²) in [5.74, 6) is 0.644. The molecule has 0 radical (unpaired) electrons. The average Bonchev–Trinajstić information content (AvgIpc) is 2.30. The number of nitrogen functional groups attached to an aromatic ring is 1. The lowest BCUT2D eigenvalue weighted by atomic mass is 9.95. The summed E-state index contributed by atoms with van der Waals surface area (Å²) in [5.41, 5.74) is 9.15. The molecule has 1 aromatic carbocycles. The predicted octanol–water partition coefficient (Wildman–Crippen LogP) is 2.44. The summed E-state index contributed by atoms with van der Waals surface area (Å²) in [6, 6.07) is 6.13. The van der Waals surface area contributed by atoms with Crippen LogP contribution in [0.3, 0.4) is 0 Å². The van der Waals surface area contributed by atoms with E-state index in [9.17, 15) is 0 Å². The lowest BCUT2D eigenvalue weighted by molar-refractivity contribution is 0.0498. The van der Waals surface area contributed by atoms with E-state index in [1.807, 2.05) is 12.1 Å². The second-order valence-electron chi connectivity index (χ2n) is 5.03. The van der Waals surface area contributed by atoms with Gasteiger partial charge in [0.15, 0.2) is 0 Å². The van der Waals surface area contributed by atoms with Crippen LogP contribution in [0.5, 0.6) is 0 Å². The zero-order chi connectivity index (χ0) is 12.4. The Bertz CT molecular complexity index is 392. The molecule has 1 aromatic rings. The van der Waals surface area contributed by atoms with Crippen LogP contribution >= 0.6 is 0 Å². The first-order valence-corrected chi connectivity index (χ1v) is 6.25. The van der Waals surface area contributed by atoms with Crippen molar-refractivity contribution in [2.45, 2.75) is 26.4 Å². The number of hydrogen-bond acceptors (Lipinski definition) is 3. The Morgan fingerprint density at radius 3 is 2.82 bits per heavy atom. The van der Waals surface area contributed by atoms with Gasteiger partial charge in [-0.15, -0.1) is 0 Å². The molecule has 1 aliphatic rings. The number of methoxy groups -OCH3 is 1. The molecule has 1 fully saturated rings. The van der Waals surface area contributed by atoms with Crippen molar-refractivity contribution in [2.75, 3.05) is 30.8 Å². The summed E-state index contributed by atoms with van der Waals surface area (Å²) in [6.07, 6.45) is 1.52. The first-order valence-electron chi connectivity index (χ1n) is 6.25. The van der Waals surface area contributed by atoms with Gasteiger partial charge in [0.1, 0.15) is 0 Å². The molecule has 0 bridgehead atoms. The highest BCUT2D eigenvalue weighted by Crippen LogP contribution is 2.28. The summed E-state index contributed by atoms with van der Waals surface area (Å²) < 4.78 is 5.55. The summed E-state index contributed by atoms with van der Waals surface area (Å²) in [6.45, 7) is 6.46. The molecule has 0 spiro atoms. The van der Waals surface area contributed by atoms with E-state index in [2.05, 4.69) is 24.8 Å². The predicted molar refractivity (Wildman–Crippen MR) is 72.4 cm³/mol. The van der Waals surface area contributed by atoms with Crippen LogP contribution in [-0.2, 0) is 4.74 Å². The number of nitrogens with two attached hydrogens (primary N) is 1. The van der Waals surface area contributed by atoms with Crippen LogP contribution in [0.2, 0.25) is 0 Å². The van der Waals surface area contributed by atoms with Crippen LogP contribution in [0, 0.1) is 12.8 Å². The Balaban J connectivity index is 2.17. The van der Waals surface area contributed by atoms with E-state index in [4.69, 9.17) is 10.5 Å². The molecule has 0 saturated carbocycles. The van der Waals surface area contributed by atoms with Crippen LogP contribution in [0.1, 0.15) is 18.9 Å². The zero-order valence-corrected chi connectivity index (χ0v) is 10.9. The second-order valence-corrected chi connectivity index (χ2v) is 5.03. The van der Waals surface area contributed by atoms with Gasteiger partial charge in [-0.25, -0.2) is 0 Å². The van der Waals surface area contributed by atoms with E-state index in [-0.39, 0.29) is 0 Å². The van der Waals surface area contributed by atoms with Gasteiger partial charge in [0.05, 0.1) is 6.10 Å². The average molecular weight is 234 g/mol. The van der Waals surface area contributed by atoms with Gasteiger partial charge in [0.2, 0.25) is 0 Å². The molecule has 2 rings (SSSR count). The van der Waals surface area contributed by atoms with Crippen molar-refractivity contribution in [1.82, 2.24) is 0 Å². The zero-order valence-electron chi connectivity index (χ0n) is 10.9. The minimum Gasteiger partial charge on any atom is -0.399 e. The van der Waals surface area contributed by atoms with E-state index < -0.39 is 0 Å². The first-order chi connectivity index (χ1) is 8.11. The van der Waals surface area contributed by atoms with Crippen molar-refractivity contribution in [1.29, 1.82) is 0 Å². The van der Waals surface area contributed by atoms with E-state index in [1.54, 1.807) is 7.11 Å². The number of rotatable bonds is 2. The van der Waals surface area contributed by atoms with Gasteiger partial charge < -0.3 is 15.4 Å². The van der Waals surface area contributed by atoms with Gasteiger partial charge in [0.25, 0.3) is 0 Å². The maximum absolute atomic E-state index is 5.79. The number of ether oxygens (including phenoxy) is 1. The lowest BCUT2D eigenvalue weighted by Crippen LogP contribution is -2.44. The van der Waals surface area contributed by atoms with Gasteiger partial charge in [-0.3, -0.25) is 0 Å². The number of hydrogen-bond donors (Lipinski definition) is 1. The fourth-order valence-corrected chi connectivity index (χ4v) is 2.59. The van der Waals surface area contributed by atoms with Crippen molar-refractivity contribution >= 4 is 11.4 Å². The molecular formula is C14H22N2O. The molecule has 2 atom stereocenters. The van der Waals surface area contributed by atoms with Crippen molar-refractivity contribution in [3.05, 3.63) is 23.8 Å². The topological polar surface area (TPSA) is 38.5 Å². The SMILES string of the molecule is COC1CN(c2ccc(N)cc2C)CCC1C. The minimum atomic E-state index is 0.334. The fourth-order valence-electron chi connectivity index (χ4n) is 2.59. The third-order valence-electron chi connectivity index (χ3n) is 3.75. The van der Waals surface area contributed by atoms with E-state index in [0.29, 0.717) is 12.0 Å². The van der Waals surface area contributed by atoms with Crippen molar-refractivity contribution in [3.63, 3.8) is 0 Å². The molecule has 17 heavy (non-hydrogen) atoms. The molecule has 1 aliphatic heterocycles. The number of piperidine rings is 1. The molecule has 0 aliphatic carbocycles. The van der Waals surface area contributed by atoms with Crippen LogP contribution in [0.4, 0.5) is 11.4 Å². The maximum atomic E-state index is 5.79. The Morgan fingerprint density at radius 1 is 1.41 bits per heavy atom. The second kappa shape index (κ2) is 4.96. The highest BCUT2D eigenvalue weighted by atomic mass is 16.5. The molecule has 0 aromatic heterocycles. The molecule has 3 heteroatoms. The number of aryl methyl sites for hydroxylation is 1. The number of benzene rings is 1. The Hall–Kier alpha value is -1.22. The van der Waals surface area contributed by atoms with E-state index >= 15 is 0 Å². The monoisotopic (exact) mass is 234 g/mol. The Morgan fingerprint density at radius 2 is 2.18 bits per heavy atom. The van der Waals surface area contributed by atoms with Crippen molar-refractivity contribution in [2.24, 2.45) is 5.92 Å². The first kappa shape index (κ1) is 12.2. The van der Waals surface area contributed by atoms with E-state index in [1.165, 1.54) is 17.7 Å². The Kier molecular flexibility index (Phi) is 3.57. The molecule has 2 N–H and O–H groups in total. The lowest BCUT2D eigenvalue weighted by Gasteiger charge is -2.38. The van der Waals surface area contributed by atoms with Crippen LogP contribution in [0.25, 0.3) is 0 Å². The molecule has 94 valence electrons. The van der Waals surface area contributed by atoms with Crippen LogP contribution < -0.4 is 10.6 Å². The van der Waals surface area contributed by atoms with Gasteiger partial charge in [-0.05, 0) is 43.0 Å². The molecular weight excluding hydrogens is 212 g/mol.